The number of nitriles is 1. The highest BCUT2D eigenvalue weighted by atomic mass is 79.9. The maximum Gasteiger partial charge on any atom is 0.312 e. The van der Waals surface area contributed by atoms with Gasteiger partial charge in [0.25, 0.3) is 0 Å². The van der Waals surface area contributed by atoms with Crippen molar-refractivity contribution in [1.29, 1.82) is 5.26 Å². The number of carboxylic acid groups (broad SMARTS) is 1. The largest absolute Gasteiger partial charge is 0.481 e. The van der Waals surface area contributed by atoms with Gasteiger partial charge in [-0.05, 0) is 37.0 Å². The van der Waals surface area contributed by atoms with Gasteiger partial charge in [-0.15, -0.1) is 0 Å². The molecule has 3 unspecified atom stereocenters. The van der Waals surface area contributed by atoms with Crippen LogP contribution in [0.15, 0.2) is 33.9 Å². The molecule has 0 bridgehead atoms. The second-order valence-corrected chi connectivity index (χ2v) is 8.20. The molecule has 2 rings (SSSR count). The SMILES string of the molecule is COCC1NC(C)=C(C#N)C(c2ccc(F)cc2Br)C1(CC(C)C)C(=O)O. The van der Waals surface area contributed by atoms with E-state index in [0.29, 0.717) is 27.7 Å². The lowest BCUT2D eigenvalue weighted by Gasteiger charge is -2.48. The highest BCUT2D eigenvalue weighted by molar-refractivity contribution is 9.10. The van der Waals surface area contributed by atoms with Crippen molar-refractivity contribution in [2.75, 3.05) is 13.7 Å². The summed E-state index contributed by atoms with van der Waals surface area (Å²) < 4.78 is 19.4. The Morgan fingerprint density at radius 3 is 2.67 bits per heavy atom. The lowest BCUT2D eigenvalue weighted by Crippen LogP contribution is -2.59. The van der Waals surface area contributed by atoms with Gasteiger partial charge in [0.05, 0.1) is 24.3 Å². The number of hydrogen-bond acceptors (Lipinski definition) is 4. The number of carboxylic acids is 1. The number of nitrogens with one attached hydrogen (secondary N) is 1. The molecule has 1 heterocycles. The van der Waals surface area contributed by atoms with Gasteiger partial charge in [-0.1, -0.05) is 35.8 Å². The molecule has 1 aliphatic heterocycles. The fourth-order valence-corrected chi connectivity index (χ4v) is 4.69. The van der Waals surface area contributed by atoms with Crippen molar-refractivity contribution in [3.63, 3.8) is 0 Å². The predicted molar refractivity (Wildman–Crippen MR) is 103 cm³/mol. The van der Waals surface area contributed by atoms with E-state index in [4.69, 9.17) is 4.74 Å². The first kappa shape index (κ1) is 21.4. The molecule has 0 saturated heterocycles. The van der Waals surface area contributed by atoms with E-state index in [1.165, 1.54) is 19.2 Å². The molecule has 0 fully saturated rings. The summed E-state index contributed by atoms with van der Waals surface area (Å²) in [6.45, 7) is 5.82. The third kappa shape index (κ3) is 3.87. The lowest BCUT2D eigenvalue weighted by atomic mass is 9.59. The lowest BCUT2D eigenvalue weighted by molar-refractivity contribution is -0.155. The van der Waals surface area contributed by atoms with Crippen molar-refractivity contribution in [3.05, 3.63) is 45.3 Å². The molecular formula is C20H24BrFN2O3. The standard InChI is InChI=1S/C20H24BrFN2O3/c1-11(2)8-20(19(25)26)17(10-27-4)24-12(3)15(9-23)18(20)14-6-5-13(22)7-16(14)21/h5-7,11,17-18,24H,8,10H2,1-4H3,(H,25,26). The van der Waals surface area contributed by atoms with Crippen LogP contribution in [0.4, 0.5) is 4.39 Å². The van der Waals surface area contributed by atoms with E-state index >= 15 is 0 Å². The quantitative estimate of drug-likeness (QED) is 0.694. The highest BCUT2D eigenvalue weighted by Gasteiger charge is 2.57. The molecule has 1 aliphatic rings. The van der Waals surface area contributed by atoms with Gasteiger partial charge in [-0.2, -0.15) is 5.26 Å². The fraction of sp³-hybridized carbons (Fsp3) is 0.500. The molecule has 0 radical (unpaired) electrons. The van der Waals surface area contributed by atoms with Crippen LogP contribution in [-0.4, -0.2) is 30.8 Å². The zero-order valence-electron chi connectivity index (χ0n) is 15.8. The number of carbonyl (C=O) groups is 1. The van der Waals surface area contributed by atoms with Crippen molar-refractivity contribution >= 4 is 21.9 Å². The molecule has 0 spiro atoms. The molecule has 146 valence electrons. The first-order valence-corrected chi connectivity index (χ1v) is 9.53. The summed E-state index contributed by atoms with van der Waals surface area (Å²) in [4.78, 5) is 12.7. The second-order valence-electron chi connectivity index (χ2n) is 7.35. The van der Waals surface area contributed by atoms with E-state index in [0.717, 1.165) is 0 Å². The Hall–Kier alpha value is -1.91. The van der Waals surface area contributed by atoms with Gasteiger partial charge in [0.15, 0.2) is 0 Å². The maximum atomic E-state index is 13.7. The number of ether oxygens (including phenoxy) is 1. The predicted octanol–water partition coefficient (Wildman–Crippen LogP) is 4.20. The van der Waals surface area contributed by atoms with E-state index in [2.05, 4.69) is 27.3 Å². The van der Waals surface area contributed by atoms with Gasteiger partial charge in [0.1, 0.15) is 11.2 Å². The first-order valence-electron chi connectivity index (χ1n) is 8.73. The summed E-state index contributed by atoms with van der Waals surface area (Å²) in [5, 5.41) is 23.4. The summed E-state index contributed by atoms with van der Waals surface area (Å²) >= 11 is 3.37. The molecule has 1 aromatic rings. The van der Waals surface area contributed by atoms with Crippen molar-refractivity contribution < 1.29 is 19.0 Å². The third-order valence-corrected chi connectivity index (χ3v) is 5.78. The van der Waals surface area contributed by atoms with Crippen LogP contribution in [0.3, 0.4) is 0 Å². The number of benzene rings is 1. The average molecular weight is 439 g/mol. The Labute approximate surface area is 167 Å². The molecule has 27 heavy (non-hydrogen) atoms. The van der Waals surface area contributed by atoms with Crippen LogP contribution in [0.5, 0.6) is 0 Å². The van der Waals surface area contributed by atoms with Crippen molar-refractivity contribution in [1.82, 2.24) is 5.32 Å². The molecule has 0 saturated carbocycles. The van der Waals surface area contributed by atoms with Crippen LogP contribution in [0, 0.1) is 28.5 Å². The molecule has 0 amide bonds. The molecule has 0 aromatic heterocycles. The Kier molecular flexibility index (Phi) is 6.66. The zero-order chi connectivity index (χ0) is 20.4. The van der Waals surface area contributed by atoms with Crippen LogP contribution >= 0.6 is 15.9 Å². The Bertz CT molecular complexity index is 803. The number of nitrogens with zero attached hydrogens (tertiary/aromatic N) is 1. The number of rotatable bonds is 6. The molecule has 0 aliphatic carbocycles. The topological polar surface area (TPSA) is 82.3 Å². The normalized spacial score (nSPS) is 25.3. The van der Waals surface area contributed by atoms with E-state index < -0.39 is 29.2 Å². The summed E-state index contributed by atoms with van der Waals surface area (Å²) in [5.41, 5.74) is 0.215. The van der Waals surface area contributed by atoms with Gasteiger partial charge >= 0.3 is 5.97 Å². The monoisotopic (exact) mass is 438 g/mol. The minimum atomic E-state index is -1.32. The minimum absolute atomic E-state index is 0.0577. The van der Waals surface area contributed by atoms with Crippen LogP contribution in [-0.2, 0) is 9.53 Å². The Morgan fingerprint density at radius 2 is 2.19 bits per heavy atom. The van der Waals surface area contributed by atoms with Crippen LogP contribution in [0.1, 0.15) is 38.7 Å². The first-order chi connectivity index (χ1) is 12.7. The maximum absolute atomic E-state index is 13.7. The molecule has 7 heteroatoms. The number of allylic oxidation sites excluding steroid dienone is 2. The minimum Gasteiger partial charge on any atom is -0.481 e. The van der Waals surface area contributed by atoms with Crippen LogP contribution in [0.2, 0.25) is 0 Å². The number of aliphatic carboxylic acids is 1. The Balaban J connectivity index is 2.85. The van der Waals surface area contributed by atoms with Gasteiger partial charge in [0.2, 0.25) is 0 Å². The molecule has 1 aromatic carbocycles. The highest BCUT2D eigenvalue weighted by Crippen LogP contribution is 2.52. The van der Waals surface area contributed by atoms with Crippen LogP contribution in [0.25, 0.3) is 0 Å². The van der Waals surface area contributed by atoms with Crippen molar-refractivity contribution in [2.45, 2.75) is 39.2 Å². The summed E-state index contributed by atoms with van der Waals surface area (Å²) in [7, 11) is 1.52. The van der Waals surface area contributed by atoms with Gasteiger partial charge < -0.3 is 15.2 Å². The van der Waals surface area contributed by atoms with Crippen molar-refractivity contribution in [3.8, 4) is 6.07 Å². The second kappa shape index (κ2) is 8.41. The number of methoxy groups -OCH3 is 1. The zero-order valence-corrected chi connectivity index (χ0v) is 17.4. The van der Waals surface area contributed by atoms with E-state index in [1.807, 2.05) is 13.8 Å². The molecular weight excluding hydrogens is 415 g/mol. The number of hydrogen-bond donors (Lipinski definition) is 2. The van der Waals surface area contributed by atoms with E-state index in [-0.39, 0.29) is 12.5 Å². The van der Waals surface area contributed by atoms with Crippen LogP contribution < -0.4 is 5.32 Å². The number of halogens is 2. The fourth-order valence-electron chi connectivity index (χ4n) is 4.11. The van der Waals surface area contributed by atoms with E-state index in [9.17, 15) is 19.6 Å². The molecule has 2 N–H and O–H groups in total. The van der Waals surface area contributed by atoms with Gasteiger partial charge in [0, 0.05) is 23.2 Å². The van der Waals surface area contributed by atoms with Gasteiger partial charge in [-0.3, -0.25) is 4.79 Å². The molecule has 3 atom stereocenters. The summed E-state index contributed by atoms with van der Waals surface area (Å²) in [6.07, 6.45) is 0.330. The average Bonchev–Trinajstić information content (AvgIpc) is 2.57. The summed E-state index contributed by atoms with van der Waals surface area (Å²) in [6, 6.07) is 5.80. The Morgan fingerprint density at radius 1 is 1.52 bits per heavy atom. The smallest absolute Gasteiger partial charge is 0.312 e. The third-order valence-electron chi connectivity index (χ3n) is 5.09. The van der Waals surface area contributed by atoms with E-state index in [1.54, 1.807) is 13.0 Å². The van der Waals surface area contributed by atoms with Gasteiger partial charge in [-0.25, -0.2) is 4.39 Å². The van der Waals surface area contributed by atoms with Crippen molar-refractivity contribution in [2.24, 2.45) is 11.3 Å². The summed E-state index contributed by atoms with van der Waals surface area (Å²) in [5.74, 6) is -2.12. The molecule has 5 nitrogen and oxygen atoms in total.